The molecule has 1 aliphatic heterocycles. The van der Waals surface area contributed by atoms with Gasteiger partial charge in [0.2, 0.25) is 0 Å². The number of benzene rings is 3. The number of aliphatic carboxylic acids is 1. The first kappa shape index (κ1) is 29.1. The van der Waals surface area contributed by atoms with Crippen LogP contribution in [0.1, 0.15) is 38.0 Å². The molecule has 0 saturated heterocycles. The number of likely N-dealkylation sites (N-methyl/N-ethyl adjacent to an activating group) is 1. The number of anilines is 1. The number of ether oxygens (including phenoxy) is 2. The minimum atomic E-state index is -1.17. The molecule has 0 amide bonds. The maximum absolute atomic E-state index is 12.6. The highest BCUT2D eigenvalue weighted by Gasteiger charge is 2.32. The molecule has 6 rings (SSSR count). The van der Waals surface area contributed by atoms with Gasteiger partial charge >= 0.3 is 5.97 Å². The van der Waals surface area contributed by atoms with Gasteiger partial charge in [-0.25, -0.2) is 9.78 Å². The van der Waals surface area contributed by atoms with Crippen molar-refractivity contribution in [1.29, 1.82) is 0 Å². The fourth-order valence-electron chi connectivity index (χ4n) is 5.39. The number of aryl methyl sites for hydroxylation is 1. The zero-order chi connectivity index (χ0) is 30.5. The molecule has 0 unspecified atom stereocenters. The molecule has 0 radical (unpaired) electrons. The molecule has 0 fully saturated rings. The maximum Gasteiger partial charge on any atom is 0.337 e. The van der Waals surface area contributed by atoms with E-state index in [9.17, 15) is 9.90 Å². The molecule has 3 aromatic carbocycles. The van der Waals surface area contributed by atoms with E-state index in [0.29, 0.717) is 17.2 Å². The molecule has 220 valence electrons. The number of carbonyl (C=O) groups is 1. The standard InChI is InChI=1S/C34H32ClN3O4S/c1-19-16-25-31(29(20-6-9-23(35)10-7-20)28(19)30(33(39)40)42-34(2,3)4)43-32(37-25)22-12-13-36-24(17-22)21-8-11-27-26(18-21)38(5)14-15-41-27/h6-13,16-18,30H,14-15H2,1-5H3,(H,39,40)/t30-/m0/s1. The minimum absolute atomic E-state index is 0.601. The number of carboxylic acid groups (broad SMARTS) is 1. The van der Waals surface area contributed by atoms with Crippen molar-refractivity contribution in [2.75, 3.05) is 25.1 Å². The van der Waals surface area contributed by atoms with Crippen LogP contribution < -0.4 is 9.64 Å². The second kappa shape index (κ2) is 11.3. The Bertz CT molecular complexity index is 1850. The van der Waals surface area contributed by atoms with E-state index in [1.165, 1.54) is 11.3 Å². The van der Waals surface area contributed by atoms with E-state index in [1.54, 1.807) is 6.20 Å². The van der Waals surface area contributed by atoms with E-state index in [-0.39, 0.29) is 0 Å². The molecule has 43 heavy (non-hydrogen) atoms. The Labute approximate surface area is 259 Å². The fourth-order valence-corrected chi connectivity index (χ4v) is 6.64. The third kappa shape index (κ3) is 5.83. The first-order valence-corrected chi connectivity index (χ1v) is 15.2. The number of fused-ring (bicyclic) bond motifs is 2. The molecule has 0 aliphatic carbocycles. The minimum Gasteiger partial charge on any atom is -0.490 e. The number of aromatic nitrogens is 2. The Kier molecular flexibility index (Phi) is 7.62. The molecular formula is C34H32ClN3O4S. The summed E-state index contributed by atoms with van der Waals surface area (Å²) in [7, 11) is 2.06. The van der Waals surface area contributed by atoms with Crippen molar-refractivity contribution in [3.05, 3.63) is 83.0 Å². The summed E-state index contributed by atoms with van der Waals surface area (Å²) in [6, 6.07) is 19.5. The van der Waals surface area contributed by atoms with Crippen molar-refractivity contribution in [2.24, 2.45) is 0 Å². The first-order valence-electron chi connectivity index (χ1n) is 14.0. The van der Waals surface area contributed by atoms with Gasteiger partial charge in [-0.15, -0.1) is 11.3 Å². The van der Waals surface area contributed by atoms with Gasteiger partial charge in [0.1, 0.15) is 17.4 Å². The number of thiazole rings is 1. The van der Waals surface area contributed by atoms with Gasteiger partial charge in [0, 0.05) is 40.5 Å². The lowest BCUT2D eigenvalue weighted by Crippen LogP contribution is -2.28. The third-order valence-electron chi connectivity index (χ3n) is 7.38. The summed E-state index contributed by atoms with van der Waals surface area (Å²) in [5.41, 5.74) is 6.95. The molecular weight excluding hydrogens is 582 g/mol. The number of hydrogen-bond donors (Lipinski definition) is 1. The third-order valence-corrected chi connectivity index (χ3v) is 8.77. The predicted molar refractivity (Wildman–Crippen MR) is 173 cm³/mol. The van der Waals surface area contributed by atoms with Crippen molar-refractivity contribution in [1.82, 2.24) is 9.97 Å². The van der Waals surface area contributed by atoms with Crippen LogP contribution in [-0.4, -0.2) is 46.8 Å². The lowest BCUT2D eigenvalue weighted by Gasteiger charge is -2.28. The van der Waals surface area contributed by atoms with Crippen LogP contribution in [0.5, 0.6) is 5.75 Å². The fraction of sp³-hybridized carbons (Fsp3) is 0.265. The quantitative estimate of drug-likeness (QED) is 0.206. The van der Waals surface area contributed by atoms with Crippen molar-refractivity contribution in [3.63, 3.8) is 0 Å². The van der Waals surface area contributed by atoms with Crippen LogP contribution in [0.3, 0.4) is 0 Å². The Morgan fingerprint density at radius 3 is 2.53 bits per heavy atom. The monoisotopic (exact) mass is 613 g/mol. The van der Waals surface area contributed by atoms with Gasteiger partial charge < -0.3 is 19.5 Å². The highest BCUT2D eigenvalue weighted by molar-refractivity contribution is 7.22. The second-order valence-electron chi connectivity index (χ2n) is 11.7. The molecule has 5 aromatic rings. The van der Waals surface area contributed by atoms with Crippen LogP contribution in [0.25, 0.3) is 43.2 Å². The number of rotatable bonds is 6. The van der Waals surface area contributed by atoms with E-state index < -0.39 is 17.7 Å². The first-order chi connectivity index (χ1) is 20.5. The summed E-state index contributed by atoms with van der Waals surface area (Å²) in [4.78, 5) is 24.5. The van der Waals surface area contributed by atoms with Crippen LogP contribution >= 0.6 is 22.9 Å². The molecule has 0 spiro atoms. The topological polar surface area (TPSA) is 84.8 Å². The van der Waals surface area contributed by atoms with Crippen LogP contribution in [-0.2, 0) is 9.53 Å². The molecule has 1 N–H and O–H groups in total. The molecule has 1 atom stereocenters. The summed E-state index contributed by atoms with van der Waals surface area (Å²) >= 11 is 7.77. The van der Waals surface area contributed by atoms with E-state index in [2.05, 4.69) is 23.0 Å². The number of hydrogen-bond acceptors (Lipinski definition) is 7. The normalized spacial score (nSPS) is 14.0. The number of nitrogens with zero attached hydrogens (tertiary/aromatic N) is 3. The van der Waals surface area contributed by atoms with Crippen molar-refractivity contribution in [2.45, 2.75) is 39.4 Å². The molecule has 1 aliphatic rings. The Morgan fingerprint density at radius 2 is 1.81 bits per heavy atom. The van der Waals surface area contributed by atoms with Gasteiger partial charge in [0.25, 0.3) is 0 Å². The average Bonchev–Trinajstić information content (AvgIpc) is 3.39. The summed E-state index contributed by atoms with van der Waals surface area (Å²) in [5, 5.41) is 11.8. The Balaban J connectivity index is 1.51. The lowest BCUT2D eigenvalue weighted by molar-refractivity contribution is -0.160. The summed E-state index contributed by atoms with van der Waals surface area (Å²) in [6.07, 6.45) is 0.629. The van der Waals surface area contributed by atoms with Gasteiger partial charge in [0.15, 0.2) is 6.10 Å². The predicted octanol–water partition coefficient (Wildman–Crippen LogP) is 8.42. The SMILES string of the molecule is Cc1cc2nc(-c3ccnc(-c4ccc5c(c4)N(C)CCO5)c3)sc2c(-c2ccc(Cl)cc2)c1[C@H](OC(C)(C)C)C(=O)O. The average molecular weight is 614 g/mol. The van der Waals surface area contributed by atoms with Crippen LogP contribution in [0.2, 0.25) is 5.02 Å². The van der Waals surface area contributed by atoms with E-state index in [0.717, 1.165) is 66.7 Å². The zero-order valence-corrected chi connectivity index (χ0v) is 26.2. The molecule has 0 saturated carbocycles. The molecule has 9 heteroatoms. The van der Waals surface area contributed by atoms with Gasteiger partial charge in [-0.05, 0) is 87.4 Å². The number of carboxylic acids is 1. The zero-order valence-electron chi connectivity index (χ0n) is 24.6. The Morgan fingerprint density at radius 1 is 1.07 bits per heavy atom. The van der Waals surface area contributed by atoms with E-state index in [1.807, 2.05) is 82.3 Å². The van der Waals surface area contributed by atoms with Gasteiger partial charge in [-0.2, -0.15) is 0 Å². The van der Waals surface area contributed by atoms with Crippen LogP contribution in [0.15, 0.2) is 66.9 Å². The van der Waals surface area contributed by atoms with Crippen molar-refractivity contribution in [3.8, 4) is 38.7 Å². The van der Waals surface area contributed by atoms with E-state index >= 15 is 0 Å². The van der Waals surface area contributed by atoms with Gasteiger partial charge in [-0.3, -0.25) is 4.98 Å². The number of pyridine rings is 1. The van der Waals surface area contributed by atoms with E-state index in [4.69, 9.17) is 26.1 Å². The van der Waals surface area contributed by atoms with Crippen molar-refractivity contribution >= 4 is 44.8 Å². The molecule has 7 nitrogen and oxygen atoms in total. The summed E-state index contributed by atoms with van der Waals surface area (Å²) < 4.78 is 12.8. The van der Waals surface area contributed by atoms with Crippen molar-refractivity contribution < 1.29 is 19.4 Å². The maximum atomic E-state index is 12.6. The number of halogens is 1. The highest BCUT2D eigenvalue weighted by atomic mass is 35.5. The van der Waals surface area contributed by atoms with Gasteiger partial charge in [0.05, 0.1) is 33.7 Å². The second-order valence-corrected chi connectivity index (χ2v) is 13.1. The van der Waals surface area contributed by atoms with Gasteiger partial charge in [-0.1, -0.05) is 23.7 Å². The molecule has 3 heterocycles. The Hall–Kier alpha value is -3.98. The largest absolute Gasteiger partial charge is 0.490 e. The van der Waals surface area contributed by atoms with Crippen LogP contribution in [0.4, 0.5) is 5.69 Å². The lowest BCUT2D eigenvalue weighted by atomic mass is 9.91. The molecule has 2 aromatic heterocycles. The smallest absolute Gasteiger partial charge is 0.337 e. The summed E-state index contributed by atoms with van der Waals surface area (Å²) in [5.74, 6) is -0.173. The summed E-state index contributed by atoms with van der Waals surface area (Å²) in [6.45, 7) is 8.99. The van der Waals surface area contributed by atoms with Crippen LogP contribution in [0, 0.1) is 6.92 Å². The molecule has 0 bridgehead atoms. The highest BCUT2D eigenvalue weighted by Crippen LogP contribution is 2.45.